The van der Waals surface area contributed by atoms with Crippen molar-refractivity contribution < 1.29 is 14.7 Å². The molecule has 1 heterocycles. The lowest BCUT2D eigenvalue weighted by atomic mass is 9.95. The normalized spacial score (nSPS) is 17.6. The number of hydrogen-bond donors (Lipinski definition) is 3. The van der Waals surface area contributed by atoms with Gasteiger partial charge >= 0.3 is 5.97 Å². The molecule has 0 aliphatic carbocycles. The van der Waals surface area contributed by atoms with Gasteiger partial charge in [0.15, 0.2) is 0 Å². The number of carboxylic acids is 1. The van der Waals surface area contributed by atoms with Gasteiger partial charge in [-0.1, -0.05) is 54.6 Å². The highest BCUT2D eigenvalue weighted by Gasteiger charge is 2.28. The molecule has 0 aromatic heterocycles. The molecule has 1 amide bonds. The van der Waals surface area contributed by atoms with Crippen LogP contribution in [0.25, 0.3) is 0 Å². The van der Waals surface area contributed by atoms with Gasteiger partial charge in [-0.2, -0.15) is 0 Å². The quantitative estimate of drug-likeness (QED) is 0.779. The number of carboxylic acid groups (broad SMARTS) is 1. The van der Waals surface area contributed by atoms with E-state index in [4.69, 9.17) is 0 Å². The Labute approximate surface area is 140 Å². The van der Waals surface area contributed by atoms with Crippen molar-refractivity contribution in [1.29, 1.82) is 0 Å². The third-order valence-electron chi connectivity index (χ3n) is 4.30. The Morgan fingerprint density at radius 2 is 1.75 bits per heavy atom. The SMILES string of the molecule is O=C(O)C(Cc1ccccc1)NC(=O)C1Cc2ccccc2CN1. The molecule has 124 valence electrons. The van der Waals surface area contributed by atoms with E-state index in [1.165, 1.54) is 5.56 Å². The maximum atomic E-state index is 12.5. The largest absolute Gasteiger partial charge is 0.480 e. The minimum absolute atomic E-state index is 0.269. The Hall–Kier alpha value is -2.66. The number of amides is 1. The molecule has 2 atom stereocenters. The van der Waals surface area contributed by atoms with Crippen molar-refractivity contribution in [2.45, 2.75) is 31.5 Å². The number of carbonyl (C=O) groups is 2. The van der Waals surface area contributed by atoms with E-state index in [2.05, 4.69) is 10.6 Å². The number of rotatable bonds is 5. The van der Waals surface area contributed by atoms with Gasteiger partial charge in [0.1, 0.15) is 6.04 Å². The molecule has 5 heteroatoms. The summed E-state index contributed by atoms with van der Waals surface area (Å²) in [6.45, 7) is 0.616. The number of carbonyl (C=O) groups excluding carboxylic acids is 1. The van der Waals surface area contributed by atoms with Crippen LogP contribution in [0.15, 0.2) is 54.6 Å². The van der Waals surface area contributed by atoms with E-state index in [0.717, 1.165) is 11.1 Å². The third-order valence-corrected chi connectivity index (χ3v) is 4.30. The van der Waals surface area contributed by atoms with Crippen LogP contribution in [0.4, 0.5) is 0 Å². The molecule has 3 rings (SSSR count). The molecule has 0 spiro atoms. The lowest BCUT2D eigenvalue weighted by Gasteiger charge is -2.26. The summed E-state index contributed by atoms with van der Waals surface area (Å²) in [6.07, 6.45) is 0.838. The van der Waals surface area contributed by atoms with Gasteiger partial charge in [0.05, 0.1) is 6.04 Å². The van der Waals surface area contributed by atoms with Crippen LogP contribution in [-0.4, -0.2) is 29.1 Å². The fourth-order valence-corrected chi connectivity index (χ4v) is 2.96. The molecule has 0 radical (unpaired) electrons. The molecule has 3 N–H and O–H groups in total. The highest BCUT2D eigenvalue weighted by Crippen LogP contribution is 2.16. The molecule has 0 bridgehead atoms. The molecule has 0 saturated carbocycles. The molecule has 1 aliphatic heterocycles. The van der Waals surface area contributed by atoms with Crippen LogP contribution in [-0.2, 0) is 29.0 Å². The van der Waals surface area contributed by atoms with Gasteiger partial charge in [0, 0.05) is 13.0 Å². The number of hydrogen-bond acceptors (Lipinski definition) is 3. The Morgan fingerprint density at radius 1 is 1.08 bits per heavy atom. The molecule has 2 unspecified atom stereocenters. The molecule has 2 aromatic carbocycles. The second-order valence-corrected chi connectivity index (χ2v) is 6.00. The van der Waals surface area contributed by atoms with Crippen LogP contribution in [0.5, 0.6) is 0 Å². The van der Waals surface area contributed by atoms with Crippen LogP contribution >= 0.6 is 0 Å². The molecule has 1 aliphatic rings. The van der Waals surface area contributed by atoms with E-state index in [-0.39, 0.29) is 12.3 Å². The van der Waals surface area contributed by atoms with Crippen molar-refractivity contribution in [3.8, 4) is 0 Å². The molecule has 2 aromatic rings. The lowest BCUT2D eigenvalue weighted by molar-refractivity contribution is -0.142. The zero-order valence-electron chi connectivity index (χ0n) is 13.2. The monoisotopic (exact) mass is 324 g/mol. The van der Waals surface area contributed by atoms with Gasteiger partial charge in [-0.25, -0.2) is 4.79 Å². The smallest absolute Gasteiger partial charge is 0.326 e. The van der Waals surface area contributed by atoms with Crippen LogP contribution in [0.1, 0.15) is 16.7 Å². The van der Waals surface area contributed by atoms with Crippen molar-refractivity contribution in [3.05, 3.63) is 71.3 Å². The maximum absolute atomic E-state index is 12.5. The predicted molar refractivity (Wildman–Crippen MR) is 90.5 cm³/mol. The summed E-state index contributed by atoms with van der Waals surface area (Å²) in [5.41, 5.74) is 3.19. The van der Waals surface area contributed by atoms with Gasteiger partial charge in [-0.3, -0.25) is 4.79 Å². The zero-order chi connectivity index (χ0) is 16.9. The standard InChI is InChI=1S/C19H20N2O3/c22-18(16-11-14-8-4-5-9-15(14)12-20-16)21-17(19(23)24)10-13-6-2-1-3-7-13/h1-9,16-17,20H,10-12H2,(H,21,22)(H,23,24). The van der Waals surface area contributed by atoms with Crippen molar-refractivity contribution in [2.75, 3.05) is 0 Å². The molecule has 0 fully saturated rings. The van der Waals surface area contributed by atoms with E-state index < -0.39 is 18.1 Å². The van der Waals surface area contributed by atoms with Crippen LogP contribution in [0, 0.1) is 0 Å². The van der Waals surface area contributed by atoms with Gasteiger partial charge in [0.2, 0.25) is 5.91 Å². The summed E-state index contributed by atoms with van der Waals surface area (Å²) in [7, 11) is 0. The first-order valence-corrected chi connectivity index (χ1v) is 8.01. The van der Waals surface area contributed by atoms with E-state index in [0.29, 0.717) is 13.0 Å². The van der Waals surface area contributed by atoms with Crippen LogP contribution < -0.4 is 10.6 Å². The molecule has 0 saturated heterocycles. The molecular weight excluding hydrogens is 304 g/mol. The molecular formula is C19H20N2O3. The first-order valence-electron chi connectivity index (χ1n) is 8.01. The Balaban J connectivity index is 1.65. The highest BCUT2D eigenvalue weighted by molar-refractivity contribution is 5.87. The predicted octanol–water partition coefficient (Wildman–Crippen LogP) is 1.51. The Morgan fingerprint density at radius 3 is 2.46 bits per heavy atom. The second-order valence-electron chi connectivity index (χ2n) is 6.00. The third kappa shape index (κ3) is 3.81. The van der Waals surface area contributed by atoms with E-state index in [9.17, 15) is 14.7 Å². The first kappa shape index (κ1) is 16.2. The Bertz CT molecular complexity index is 730. The second kappa shape index (κ2) is 7.27. The van der Waals surface area contributed by atoms with Crippen molar-refractivity contribution in [2.24, 2.45) is 0 Å². The fourth-order valence-electron chi connectivity index (χ4n) is 2.96. The van der Waals surface area contributed by atoms with Gasteiger partial charge in [-0.15, -0.1) is 0 Å². The van der Waals surface area contributed by atoms with Crippen LogP contribution in [0.3, 0.4) is 0 Å². The summed E-state index contributed by atoms with van der Waals surface area (Å²) >= 11 is 0. The van der Waals surface area contributed by atoms with Gasteiger partial charge in [-0.05, 0) is 23.1 Å². The van der Waals surface area contributed by atoms with E-state index in [1.807, 2.05) is 54.6 Å². The van der Waals surface area contributed by atoms with Crippen molar-refractivity contribution in [1.82, 2.24) is 10.6 Å². The van der Waals surface area contributed by atoms with Crippen molar-refractivity contribution >= 4 is 11.9 Å². The minimum Gasteiger partial charge on any atom is -0.480 e. The minimum atomic E-state index is -1.02. The number of fused-ring (bicyclic) bond motifs is 1. The first-order chi connectivity index (χ1) is 11.6. The Kier molecular flexibility index (Phi) is 4.91. The lowest BCUT2D eigenvalue weighted by Crippen LogP contribution is -2.52. The summed E-state index contributed by atoms with van der Waals surface area (Å²) in [4.78, 5) is 24.0. The summed E-state index contributed by atoms with van der Waals surface area (Å²) in [5.74, 6) is -1.30. The number of benzene rings is 2. The molecule has 5 nitrogen and oxygen atoms in total. The summed E-state index contributed by atoms with van der Waals surface area (Å²) in [6, 6.07) is 15.9. The van der Waals surface area contributed by atoms with Gasteiger partial charge in [0.25, 0.3) is 0 Å². The summed E-state index contributed by atoms with van der Waals surface area (Å²) < 4.78 is 0. The fraction of sp³-hybridized carbons (Fsp3) is 0.263. The topological polar surface area (TPSA) is 78.4 Å². The zero-order valence-corrected chi connectivity index (χ0v) is 13.2. The average Bonchev–Trinajstić information content (AvgIpc) is 2.61. The average molecular weight is 324 g/mol. The number of nitrogens with one attached hydrogen (secondary N) is 2. The summed E-state index contributed by atoms with van der Waals surface area (Å²) in [5, 5.41) is 15.2. The number of aliphatic carboxylic acids is 1. The van der Waals surface area contributed by atoms with Gasteiger partial charge < -0.3 is 15.7 Å². The molecule has 24 heavy (non-hydrogen) atoms. The maximum Gasteiger partial charge on any atom is 0.326 e. The van der Waals surface area contributed by atoms with E-state index >= 15 is 0 Å². The van der Waals surface area contributed by atoms with E-state index in [1.54, 1.807) is 0 Å². The van der Waals surface area contributed by atoms with Crippen molar-refractivity contribution in [3.63, 3.8) is 0 Å². The highest BCUT2D eigenvalue weighted by atomic mass is 16.4. The van der Waals surface area contributed by atoms with Crippen LogP contribution in [0.2, 0.25) is 0 Å².